The molecule has 29 heavy (non-hydrogen) atoms. The van der Waals surface area contributed by atoms with Crippen LogP contribution in [0.2, 0.25) is 0 Å². The number of carbonyl (C=O) groups is 1. The monoisotopic (exact) mass is 466 g/mol. The summed E-state index contributed by atoms with van der Waals surface area (Å²) < 4.78 is 16.5. The first-order valence-electron chi connectivity index (χ1n) is 8.58. The number of nitrogens with one attached hydrogen (secondary N) is 1. The summed E-state index contributed by atoms with van der Waals surface area (Å²) in [7, 11) is 0. The third-order valence-electron chi connectivity index (χ3n) is 3.32. The van der Waals surface area contributed by atoms with Crippen LogP contribution in [0.25, 0.3) is 0 Å². The van der Waals surface area contributed by atoms with Crippen LogP contribution in [0, 0.1) is 10.1 Å². The number of nitrogens with zero attached hydrogens (tertiary/aromatic N) is 3. The van der Waals surface area contributed by atoms with Crippen LogP contribution in [0.1, 0.15) is 19.4 Å². The summed E-state index contributed by atoms with van der Waals surface area (Å²) in [5.41, 5.74) is 3.26. The predicted molar refractivity (Wildman–Crippen MR) is 110 cm³/mol. The number of aromatic nitrogens is 1. The summed E-state index contributed by atoms with van der Waals surface area (Å²) in [4.78, 5) is 25.5. The van der Waals surface area contributed by atoms with Crippen molar-refractivity contribution < 1.29 is 23.9 Å². The number of halogens is 1. The second kappa shape index (κ2) is 11.0. The van der Waals surface area contributed by atoms with Gasteiger partial charge in [-0.05, 0) is 53.5 Å². The molecular formula is C18H19BrN4O6. The van der Waals surface area contributed by atoms with Gasteiger partial charge in [0, 0.05) is 6.07 Å². The standard InChI is InChI=1S/C18H19BrN4O6/c1-3-27-15-8-12(7-14(19)18(15)29-11-17(24)28-4-2)9-21-22-16-6-5-13(10-20-16)23(25)26/h5-10H,3-4,11H2,1-2H3,(H,20,22)/b21-9+. The van der Waals surface area contributed by atoms with E-state index in [0.717, 1.165) is 6.20 Å². The van der Waals surface area contributed by atoms with Gasteiger partial charge in [-0.15, -0.1) is 0 Å². The maximum atomic E-state index is 11.5. The number of pyridine rings is 1. The molecule has 2 aromatic rings. The highest BCUT2D eigenvalue weighted by atomic mass is 79.9. The summed E-state index contributed by atoms with van der Waals surface area (Å²) in [6.07, 6.45) is 2.66. The van der Waals surface area contributed by atoms with Crippen molar-refractivity contribution in [1.82, 2.24) is 4.98 Å². The Hall–Kier alpha value is -3.21. The quantitative estimate of drug-likeness (QED) is 0.244. The lowest BCUT2D eigenvalue weighted by Crippen LogP contribution is -2.15. The Morgan fingerprint density at radius 2 is 2.10 bits per heavy atom. The summed E-state index contributed by atoms with van der Waals surface area (Å²) in [5.74, 6) is 0.681. The van der Waals surface area contributed by atoms with Crippen LogP contribution < -0.4 is 14.9 Å². The summed E-state index contributed by atoms with van der Waals surface area (Å²) in [5, 5.41) is 14.7. The van der Waals surface area contributed by atoms with E-state index in [0.29, 0.717) is 34.0 Å². The Kier molecular flexibility index (Phi) is 8.34. The molecule has 1 N–H and O–H groups in total. The Morgan fingerprint density at radius 3 is 2.72 bits per heavy atom. The van der Waals surface area contributed by atoms with Gasteiger partial charge in [-0.2, -0.15) is 5.10 Å². The molecule has 2 rings (SSSR count). The number of hydrogen-bond acceptors (Lipinski definition) is 9. The highest BCUT2D eigenvalue weighted by molar-refractivity contribution is 9.10. The topological polar surface area (TPSA) is 125 Å². The third-order valence-corrected chi connectivity index (χ3v) is 3.91. The number of anilines is 1. The Bertz CT molecular complexity index is 889. The molecule has 1 aromatic carbocycles. The van der Waals surface area contributed by atoms with E-state index in [1.54, 1.807) is 19.1 Å². The molecule has 11 heteroatoms. The first-order chi connectivity index (χ1) is 13.9. The summed E-state index contributed by atoms with van der Waals surface area (Å²) in [6, 6.07) is 6.20. The first kappa shape index (κ1) is 22.1. The third kappa shape index (κ3) is 6.71. The Balaban J connectivity index is 2.11. The number of esters is 1. The van der Waals surface area contributed by atoms with Gasteiger partial charge in [0.25, 0.3) is 5.69 Å². The average Bonchev–Trinajstić information content (AvgIpc) is 2.68. The van der Waals surface area contributed by atoms with Crippen LogP contribution in [-0.2, 0) is 9.53 Å². The van der Waals surface area contributed by atoms with Crippen LogP contribution >= 0.6 is 15.9 Å². The van der Waals surface area contributed by atoms with Gasteiger partial charge in [0.15, 0.2) is 18.1 Å². The van der Waals surface area contributed by atoms with Crippen molar-refractivity contribution in [3.63, 3.8) is 0 Å². The lowest BCUT2D eigenvalue weighted by molar-refractivity contribution is -0.385. The fourth-order valence-corrected chi connectivity index (χ4v) is 2.71. The number of carbonyl (C=O) groups excluding carboxylic acids is 1. The van der Waals surface area contributed by atoms with Gasteiger partial charge in [0.05, 0.1) is 28.8 Å². The van der Waals surface area contributed by atoms with E-state index in [1.807, 2.05) is 6.92 Å². The van der Waals surface area contributed by atoms with Gasteiger partial charge < -0.3 is 14.2 Å². The average molecular weight is 467 g/mol. The molecule has 0 atom stereocenters. The molecule has 0 amide bonds. The SMILES string of the molecule is CCOC(=O)COc1c(Br)cc(/C=N/Nc2ccc([N+](=O)[O-])cn2)cc1OCC. The highest BCUT2D eigenvalue weighted by Gasteiger charge is 2.14. The van der Waals surface area contributed by atoms with Crippen molar-refractivity contribution in [2.45, 2.75) is 13.8 Å². The Labute approximate surface area is 175 Å². The zero-order valence-electron chi connectivity index (χ0n) is 15.8. The van der Waals surface area contributed by atoms with E-state index in [4.69, 9.17) is 14.2 Å². The van der Waals surface area contributed by atoms with Gasteiger partial charge in [0.2, 0.25) is 0 Å². The molecule has 0 spiro atoms. The first-order valence-corrected chi connectivity index (χ1v) is 9.38. The largest absolute Gasteiger partial charge is 0.490 e. The molecule has 1 heterocycles. The molecule has 10 nitrogen and oxygen atoms in total. The number of hydrogen-bond donors (Lipinski definition) is 1. The second-order valence-electron chi connectivity index (χ2n) is 5.39. The molecule has 0 saturated carbocycles. The minimum absolute atomic E-state index is 0.108. The maximum Gasteiger partial charge on any atom is 0.344 e. The zero-order chi connectivity index (χ0) is 21.2. The highest BCUT2D eigenvalue weighted by Crippen LogP contribution is 2.36. The van der Waals surface area contributed by atoms with Crippen LogP contribution in [0.5, 0.6) is 11.5 Å². The van der Waals surface area contributed by atoms with E-state index in [-0.39, 0.29) is 18.9 Å². The van der Waals surface area contributed by atoms with E-state index in [2.05, 4.69) is 31.4 Å². The van der Waals surface area contributed by atoms with E-state index < -0.39 is 10.9 Å². The molecular weight excluding hydrogens is 448 g/mol. The van der Waals surface area contributed by atoms with Gasteiger partial charge >= 0.3 is 5.97 Å². The van der Waals surface area contributed by atoms with Gasteiger partial charge in [-0.1, -0.05) is 0 Å². The molecule has 0 aliphatic rings. The van der Waals surface area contributed by atoms with Crippen LogP contribution in [0.15, 0.2) is 40.0 Å². The van der Waals surface area contributed by atoms with Crippen LogP contribution in [-0.4, -0.2) is 41.9 Å². The summed E-state index contributed by atoms with van der Waals surface area (Å²) in [6.45, 7) is 3.97. The molecule has 154 valence electrons. The lowest BCUT2D eigenvalue weighted by Gasteiger charge is -2.14. The molecule has 0 radical (unpaired) electrons. The van der Waals surface area contributed by atoms with Crippen LogP contribution in [0.3, 0.4) is 0 Å². The van der Waals surface area contributed by atoms with E-state index >= 15 is 0 Å². The Morgan fingerprint density at radius 1 is 1.31 bits per heavy atom. The van der Waals surface area contributed by atoms with Crippen molar-refractivity contribution in [3.8, 4) is 11.5 Å². The van der Waals surface area contributed by atoms with Crippen molar-refractivity contribution in [2.24, 2.45) is 5.10 Å². The normalized spacial score (nSPS) is 10.6. The predicted octanol–water partition coefficient (Wildman–Crippen LogP) is 3.54. The zero-order valence-corrected chi connectivity index (χ0v) is 17.3. The second-order valence-corrected chi connectivity index (χ2v) is 6.24. The van der Waals surface area contributed by atoms with Crippen molar-refractivity contribution >= 4 is 39.6 Å². The lowest BCUT2D eigenvalue weighted by atomic mass is 10.2. The van der Waals surface area contributed by atoms with Gasteiger partial charge in [-0.3, -0.25) is 15.5 Å². The number of hydrazone groups is 1. The van der Waals surface area contributed by atoms with Crippen molar-refractivity contribution in [3.05, 3.63) is 50.6 Å². The molecule has 0 aliphatic carbocycles. The van der Waals surface area contributed by atoms with Gasteiger partial charge in [-0.25, -0.2) is 9.78 Å². The minimum Gasteiger partial charge on any atom is -0.490 e. The van der Waals surface area contributed by atoms with Gasteiger partial charge in [0.1, 0.15) is 12.0 Å². The molecule has 0 fully saturated rings. The number of rotatable bonds is 10. The molecule has 0 saturated heterocycles. The van der Waals surface area contributed by atoms with Crippen LogP contribution in [0.4, 0.5) is 11.5 Å². The molecule has 0 aliphatic heterocycles. The number of benzene rings is 1. The minimum atomic E-state index is -0.529. The molecule has 0 bridgehead atoms. The van der Waals surface area contributed by atoms with Crippen molar-refractivity contribution in [2.75, 3.05) is 25.2 Å². The molecule has 0 unspecified atom stereocenters. The number of ether oxygens (including phenoxy) is 3. The van der Waals surface area contributed by atoms with Crippen molar-refractivity contribution in [1.29, 1.82) is 0 Å². The number of nitro groups is 1. The fraction of sp³-hybridized carbons (Fsp3) is 0.278. The summed E-state index contributed by atoms with van der Waals surface area (Å²) >= 11 is 3.40. The van der Waals surface area contributed by atoms with E-state index in [9.17, 15) is 14.9 Å². The fourth-order valence-electron chi connectivity index (χ4n) is 2.13. The molecule has 1 aromatic heterocycles. The van der Waals surface area contributed by atoms with E-state index in [1.165, 1.54) is 18.3 Å². The smallest absolute Gasteiger partial charge is 0.344 e. The maximum absolute atomic E-state index is 11.5.